The second-order valence-corrected chi connectivity index (χ2v) is 8.29. The molecule has 0 saturated carbocycles. The molecule has 0 spiro atoms. The van der Waals surface area contributed by atoms with E-state index in [4.69, 9.17) is 9.47 Å². The molecule has 1 heterocycles. The van der Waals surface area contributed by atoms with Gasteiger partial charge < -0.3 is 14.8 Å². The van der Waals surface area contributed by atoms with Gasteiger partial charge in [0.15, 0.2) is 16.6 Å². The summed E-state index contributed by atoms with van der Waals surface area (Å²) in [5, 5.41) is 5.91. The van der Waals surface area contributed by atoms with Gasteiger partial charge in [-0.1, -0.05) is 12.1 Å². The van der Waals surface area contributed by atoms with Gasteiger partial charge in [0.25, 0.3) is 0 Å². The topological polar surface area (TPSA) is 89.5 Å². The number of aromatic nitrogens is 1. The molecular weight excluding hydrogens is 422 g/mol. The van der Waals surface area contributed by atoms with Gasteiger partial charge >= 0.3 is 0 Å². The lowest BCUT2D eigenvalue weighted by Gasteiger charge is -2.09. The molecule has 1 aromatic heterocycles. The van der Waals surface area contributed by atoms with E-state index in [-0.39, 0.29) is 12.4 Å². The maximum absolute atomic E-state index is 11.3. The van der Waals surface area contributed by atoms with Crippen molar-refractivity contribution in [2.24, 2.45) is 0 Å². The first-order valence-electron chi connectivity index (χ1n) is 7.91. The number of hydrogen-bond donors (Lipinski definition) is 2. The van der Waals surface area contributed by atoms with Crippen molar-refractivity contribution in [3.05, 3.63) is 47.8 Å². The molecule has 0 aliphatic heterocycles. The summed E-state index contributed by atoms with van der Waals surface area (Å²) in [7, 11) is -0.108. The van der Waals surface area contributed by atoms with Crippen molar-refractivity contribution < 1.29 is 17.9 Å². The lowest BCUT2D eigenvalue weighted by Crippen LogP contribution is -2.09. The Labute approximate surface area is 174 Å². The van der Waals surface area contributed by atoms with Crippen LogP contribution in [0.2, 0.25) is 0 Å². The van der Waals surface area contributed by atoms with Crippen LogP contribution in [0.25, 0.3) is 11.3 Å². The lowest BCUT2D eigenvalue weighted by molar-refractivity contribution is 0.355. The molecular formula is C18H20ClN3O4S2. The predicted octanol–water partition coefficient (Wildman–Crippen LogP) is 4.36. The number of thiazole rings is 1. The molecule has 0 bridgehead atoms. The van der Waals surface area contributed by atoms with Crippen molar-refractivity contribution in [1.29, 1.82) is 0 Å². The summed E-state index contributed by atoms with van der Waals surface area (Å²) in [6, 6.07) is 12.6. The van der Waals surface area contributed by atoms with E-state index in [2.05, 4.69) is 15.0 Å². The summed E-state index contributed by atoms with van der Waals surface area (Å²) in [5.41, 5.74) is 3.04. The van der Waals surface area contributed by atoms with Gasteiger partial charge in [0.05, 0.1) is 26.2 Å². The van der Waals surface area contributed by atoms with Crippen LogP contribution in [0.5, 0.6) is 11.5 Å². The van der Waals surface area contributed by atoms with Gasteiger partial charge in [-0.15, -0.1) is 23.7 Å². The molecule has 0 aliphatic carbocycles. The number of rotatable bonds is 7. The fourth-order valence-corrected chi connectivity index (χ4v) is 3.73. The van der Waals surface area contributed by atoms with Crippen molar-refractivity contribution in [3.8, 4) is 22.8 Å². The minimum Gasteiger partial charge on any atom is -0.493 e. The van der Waals surface area contributed by atoms with E-state index in [9.17, 15) is 8.42 Å². The molecule has 0 fully saturated rings. The number of ether oxygens (including phenoxy) is 2. The Morgan fingerprint density at radius 3 is 2.21 bits per heavy atom. The quantitative estimate of drug-likeness (QED) is 0.566. The molecule has 0 amide bonds. The van der Waals surface area contributed by atoms with Gasteiger partial charge in [0, 0.05) is 28.4 Å². The van der Waals surface area contributed by atoms with Crippen LogP contribution in [-0.2, 0) is 10.0 Å². The summed E-state index contributed by atoms with van der Waals surface area (Å²) < 4.78 is 35.5. The van der Waals surface area contributed by atoms with Crippen molar-refractivity contribution in [2.75, 3.05) is 30.5 Å². The zero-order valence-electron chi connectivity index (χ0n) is 15.4. The third-order valence-electron chi connectivity index (χ3n) is 3.62. The van der Waals surface area contributed by atoms with Crippen LogP contribution in [0.4, 0.5) is 16.5 Å². The van der Waals surface area contributed by atoms with Gasteiger partial charge in [-0.2, -0.15) is 0 Å². The Morgan fingerprint density at radius 2 is 1.61 bits per heavy atom. The zero-order chi connectivity index (χ0) is 19.4. The van der Waals surface area contributed by atoms with E-state index >= 15 is 0 Å². The molecule has 0 saturated heterocycles. The van der Waals surface area contributed by atoms with E-state index < -0.39 is 10.0 Å². The number of methoxy groups -OCH3 is 2. The van der Waals surface area contributed by atoms with E-state index in [1.165, 1.54) is 11.3 Å². The van der Waals surface area contributed by atoms with Crippen LogP contribution in [0.1, 0.15) is 0 Å². The molecule has 2 N–H and O–H groups in total. The predicted molar refractivity (Wildman–Crippen MR) is 116 cm³/mol. The van der Waals surface area contributed by atoms with Gasteiger partial charge in [0.2, 0.25) is 10.0 Å². The smallest absolute Gasteiger partial charge is 0.229 e. The maximum Gasteiger partial charge on any atom is 0.229 e. The first-order valence-corrected chi connectivity index (χ1v) is 10.7. The monoisotopic (exact) mass is 441 g/mol. The van der Waals surface area contributed by atoms with Gasteiger partial charge in [-0.25, -0.2) is 13.4 Å². The molecule has 0 unspecified atom stereocenters. The van der Waals surface area contributed by atoms with Crippen LogP contribution in [0, 0.1) is 0 Å². The van der Waals surface area contributed by atoms with Crippen LogP contribution in [0.3, 0.4) is 0 Å². The number of nitrogens with one attached hydrogen (secondary N) is 2. The highest BCUT2D eigenvalue weighted by Gasteiger charge is 2.09. The Morgan fingerprint density at radius 1 is 0.964 bits per heavy atom. The van der Waals surface area contributed by atoms with Crippen molar-refractivity contribution >= 4 is 50.3 Å². The third kappa shape index (κ3) is 5.51. The first-order chi connectivity index (χ1) is 12.9. The summed E-state index contributed by atoms with van der Waals surface area (Å²) in [6.07, 6.45) is 1.12. The third-order valence-corrected chi connectivity index (χ3v) is 4.99. The van der Waals surface area contributed by atoms with Crippen LogP contribution >= 0.6 is 23.7 Å². The van der Waals surface area contributed by atoms with Gasteiger partial charge in [0.1, 0.15) is 0 Å². The summed E-state index contributed by atoms with van der Waals surface area (Å²) in [4.78, 5) is 4.57. The highest BCUT2D eigenvalue weighted by molar-refractivity contribution is 7.92. The normalized spacial score (nSPS) is 10.7. The van der Waals surface area contributed by atoms with E-state index in [1.54, 1.807) is 26.4 Å². The van der Waals surface area contributed by atoms with Crippen LogP contribution in [0.15, 0.2) is 47.8 Å². The van der Waals surface area contributed by atoms with Crippen LogP contribution < -0.4 is 19.5 Å². The number of benzene rings is 2. The fourth-order valence-electron chi connectivity index (χ4n) is 2.42. The Bertz CT molecular complexity index is 1040. The maximum atomic E-state index is 11.3. The Balaban J connectivity index is 0.00000280. The second-order valence-electron chi connectivity index (χ2n) is 5.68. The molecule has 10 heteroatoms. The average molecular weight is 442 g/mol. The number of halogens is 1. The van der Waals surface area contributed by atoms with E-state index in [0.717, 1.165) is 28.3 Å². The lowest BCUT2D eigenvalue weighted by atomic mass is 10.1. The van der Waals surface area contributed by atoms with Crippen molar-refractivity contribution in [1.82, 2.24) is 4.98 Å². The minimum atomic E-state index is -3.29. The molecule has 150 valence electrons. The largest absolute Gasteiger partial charge is 0.493 e. The summed E-state index contributed by atoms with van der Waals surface area (Å²) >= 11 is 1.47. The molecule has 3 aromatic rings. The second kappa shape index (κ2) is 9.13. The molecule has 7 nitrogen and oxygen atoms in total. The fraction of sp³-hybridized carbons (Fsp3) is 0.167. The van der Waals surface area contributed by atoms with E-state index in [1.807, 2.05) is 35.7 Å². The average Bonchev–Trinajstić information content (AvgIpc) is 3.09. The minimum absolute atomic E-state index is 0. The SMILES string of the molecule is COc1ccc(Nc2nc(-c3ccc(NS(C)(=O)=O)cc3)cs2)cc1OC.Cl. The number of nitrogens with zero attached hydrogens (tertiary/aromatic N) is 1. The summed E-state index contributed by atoms with van der Waals surface area (Å²) in [6.45, 7) is 0. The molecule has 0 aliphatic rings. The number of hydrogen-bond acceptors (Lipinski definition) is 7. The van der Waals surface area contributed by atoms with E-state index in [0.29, 0.717) is 17.2 Å². The molecule has 2 aromatic carbocycles. The zero-order valence-corrected chi connectivity index (χ0v) is 17.9. The first kappa shape index (κ1) is 21.8. The Kier molecular flexibility index (Phi) is 7.11. The highest BCUT2D eigenvalue weighted by atomic mass is 35.5. The standard InChI is InChI=1S/C18H19N3O4S2.ClH/c1-24-16-9-8-14(10-17(16)25-2)19-18-20-15(11-26-18)12-4-6-13(7-5-12)21-27(3,22)23;/h4-11,21H,1-3H3,(H,19,20);1H. The number of sulfonamides is 1. The Hall–Kier alpha value is -2.49. The summed E-state index contributed by atoms with van der Waals surface area (Å²) in [5.74, 6) is 1.29. The van der Waals surface area contributed by atoms with Gasteiger partial charge in [-0.3, -0.25) is 4.72 Å². The van der Waals surface area contributed by atoms with Crippen molar-refractivity contribution in [3.63, 3.8) is 0 Å². The molecule has 0 atom stereocenters. The van der Waals surface area contributed by atoms with Gasteiger partial charge in [-0.05, 0) is 24.3 Å². The molecule has 0 radical (unpaired) electrons. The number of anilines is 3. The van der Waals surface area contributed by atoms with Crippen molar-refractivity contribution in [2.45, 2.75) is 0 Å². The molecule has 28 heavy (non-hydrogen) atoms. The van der Waals surface area contributed by atoms with Crippen LogP contribution in [-0.4, -0.2) is 33.9 Å². The highest BCUT2D eigenvalue weighted by Crippen LogP contribution is 2.33. The molecule has 3 rings (SSSR count).